The van der Waals surface area contributed by atoms with Gasteiger partial charge in [0.1, 0.15) is 5.71 Å². The summed E-state index contributed by atoms with van der Waals surface area (Å²) >= 11 is 1.67. The molecule has 2 N–H and O–H groups in total. The molecule has 124 valence electrons. The van der Waals surface area contributed by atoms with Crippen molar-refractivity contribution < 1.29 is 4.79 Å². The van der Waals surface area contributed by atoms with Gasteiger partial charge in [-0.2, -0.15) is 5.10 Å². The standard InChI is InChI=1S/C17H24N4OS/c1-4-13-11-14(16(18)22)20-21(5-2)15(13)8-6-7-12(3)17-19-9-10-23-17/h6-7,9-10,12H,4-5,8,11H2,1-3H3,(H2,18,22)/b7-6-. The molecule has 5 nitrogen and oxygen atoms in total. The summed E-state index contributed by atoms with van der Waals surface area (Å²) < 4.78 is 0. The number of hydrogen-bond acceptors (Lipinski definition) is 5. The van der Waals surface area contributed by atoms with Crippen LogP contribution in [0.25, 0.3) is 0 Å². The molecular formula is C17H24N4OS. The van der Waals surface area contributed by atoms with E-state index in [4.69, 9.17) is 5.73 Å². The van der Waals surface area contributed by atoms with Gasteiger partial charge < -0.3 is 5.73 Å². The average Bonchev–Trinajstić information content (AvgIpc) is 3.08. The number of thiazole rings is 1. The third-order valence-electron chi connectivity index (χ3n) is 3.93. The average molecular weight is 332 g/mol. The number of hydrogen-bond donors (Lipinski definition) is 1. The molecule has 2 rings (SSSR count). The number of carbonyl (C=O) groups is 1. The van der Waals surface area contributed by atoms with Crippen LogP contribution in [0.1, 0.15) is 51.0 Å². The van der Waals surface area contributed by atoms with Gasteiger partial charge in [0.05, 0.1) is 5.01 Å². The SMILES string of the molecule is CCC1=C(C/C=C\C(C)c2nccs2)N(CC)N=C(C(N)=O)C1. The Balaban J connectivity index is 2.11. The van der Waals surface area contributed by atoms with Gasteiger partial charge in [0.25, 0.3) is 5.91 Å². The van der Waals surface area contributed by atoms with Crippen molar-refractivity contribution in [3.8, 4) is 0 Å². The Hall–Kier alpha value is -1.95. The van der Waals surface area contributed by atoms with E-state index >= 15 is 0 Å². The molecule has 2 heterocycles. The summed E-state index contributed by atoms with van der Waals surface area (Å²) in [5.41, 5.74) is 8.27. The third kappa shape index (κ3) is 4.28. The van der Waals surface area contributed by atoms with Crippen LogP contribution < -0.4 is 5.73 Å². The Morgan fingerprint density at radius 3 is 2.87 bits per heavy atom. The minimum Gasteiger partial charge on any atom is -0.364 e. The lowest BCUT2D eigenvalue weighted by Gasteiger charge is -2.28. The number of primary amides is 1. The summed E-state index contributed by atoms with van der Waals surface area (Å²) in [6.07, 6.45) is 8.46. The van der Waals surface area contributed by atoms with Gasteiger partial charge in [-0.05, 0) is 18.9 Å². The smallest absolute Gasteiger partial charge is 0.265 e. The molecule has 0 radical (unpaired) electrons. The minimum atomic E-state index is -0.429. The zero-order valence-electron chi connectivity index (χ0n) is 14.0. The van der Waals surface area contributed by atoms with Crippen LogP contribution in [0.5, 0.6) is 0 Å². The van der Waals surface area contributed by atoms with Crippen LogP contribution in [0.2, 0.25) is 0 Å². The molecule has 0 bridgehead atoms. The Morgan fingerprint density at radius 1 is 1.52 bits per heavy atom. The Labute approximate surface area is 141 Å². The molecule has 6 heteroatoms. The van der Waals surface area contributed by atoms with E-state index in [1.54, 1.807) is 11.3 Å². The topological polar surface area (TPSA) is 71.6 Å². The first kappa shape index (κ1) is 17.4. The second-order valence-electron chi connectivity index (χ2n) is 5.50. The fraction of sp³-hybridized carbons (Fsp3) is 0.471. The van der Waals surface area contributed by atoms with Crippen molar-refractivity contribution in [1.82, 2.24) is 9.99 Å². The zero-order chi connectivity index (χ0) is 16.8. The Morgan fingerprint density at radius 2 is 2.30 bits per heavy atom. The van der Waals surface area contributed by atoms with Crippen LogP contribution in [-0.2, 0) is 4.79 Å². The van der Waals surface area contributed by atoms with Gasteiger partial charge >= 0.3 is 0 Å². The van der Waals surface area contributed by atoms with E-state index < -0.39 is 5.91 Å². The first-order valence-electron chi connectivity index (χ1n) is 7.98. The third-order valence-corrected chi connectivity index (χ3v) is 4.91. The van der Waals surface area contributed by atoms with E-state index in [0.717, 1.165) is 24.4 Å². The summed E-state index contributed by atoms with van der Waals surface area (Å²) in [5, 5.41) is 9.42. The van der Waals surface area contributed by atoms with Crippen molar-refractivity contribution in [3.05, 3.63) is 40.0 Å². The lowest BCUT2D eigenvalue weighted by atomic mass is 9.99. The molecule has 0 spiro atoms. The normalized spacial score (nSPS) is 16.8. The number of nitrogens with two attached hydrogens (primary N) is 1. The predicted molar refractivity (Wildman–Crippen MR) is 95.2 cm³/mol. The first-order chi connectivity index (χ1) is 11.1. The van der Waals surface area contributed by atoms with Crippen LogP contribution in [-0.4, -0.2) is 28.2 Å². The second kappa shape index (κ2) is 8.06. The molecule has 0 fully saturated rings. The highest BCUT2D eigenvalue weighted by Gasteiger charge is 2.22. The van der Waals surface area contributed by atoms with Crippen molar-refractivity contribution in [3.63, 3.8) is 0 Å². The van der Waals surface area contributed by atoms with Crippen LogP contribution in [0.3, 0.4) is 0 Å². The molecule has 1 aliphatic rings. The maximum atomic E-state index is 11.4. The summed E-state index contributed by atoms with van der Waals surface area (Å²) in [7, 11) is 0. The largest absolute Gasteiger partial charge is 0.364 e. The van der Waals surface area contributed by atoms with Crippen LogP contribution in [0.15, 0.2) is 40.1 Å². The van der Waals surface area contributed by atoms with Crippen molar-refractivity contribution in [2.24, 2.45) is 10.8 Å². The Bertz CT molecular complexity index is 631. The molecular weight excluding hydrogens is 308 g/mol. The number of rotatable bonds is 7. The van der Waals surface area contributed by atoms with E-state index in [1.807, 2.05) is 23.5 Å². The number of aromatic nitrogens is 1. The summed E-state index contributed by atoms with van der Waals surface area (Å²) in [5.74, 6) is -0.120. The molecule has 0 saturated heterocycles. The summed E-state index contributed by atoms with van der Waals surface area (Å²) in [4.78, 5) is 15.8. The van der Waals surface area contributed by atoms with Crippen LogP contribution >= 0.6 is 11.3 Å². The van der Waals surface area contributed by atoms with Crippen LogP contribution in [0, 0.1) is 0 Å². The highest BCUT2D eigenvalue weighted by Crippen LogP contribution is 2.27. The molecule has 1 atom stereocenters. The zero-order valence-corrected chi connectivity index (χ0v) is 14.8. The number of amides is 1. The van der Waals surface area contributed by atoms with Gasteiger partial charge in [-0.25, -0.2) is 4.98 Å². The van der Waals surface area contributed by atoms with Gasteiger partial charge in [0, 0.05) is 42.6 Å². The number of hydrazone groups is 1. The number of allylic oxidation sites excluding steroid dienone is 3. The fourth-order valence-electron chi connectivity index (χ4n) is 2.63. The predicted octanol–water partition coefficient (Wildman–Crippen LogP) is 3.42. The van der Waals surface area contributed by atoms with Gasteiger partial charge in [-0.3, -0.25) is 9.80 Å². The maximum absolute atomic E-state index is 11.4. The fourth-order valence-corrected chi connectivity index (χ4v) is 3.31. The molecule has 0 saturated carbocycles. The molecule has 0 aromatic carbocycles. The van der Waals surface area contributed by atoms with Crippen LogP contribution in [0.4, 0.5) is 0 Å². The number of nitrogens with zero attached hydrogens (tertiary/aromatic N) is 3. The summed E-state index contributed by atoms with van der Waals surface area (Å²) in [6.45, 7) is 7.01. The molecule has 1 aromatic rings. The number of carbonyl (C=O) groups excluding carboxylic acids is 1. The van der Waals surface area contributed by atoms with E-state index in [9.17, 15) is 4.79 Å². The highest BCUT2D eigenvalue weighted by molar-refractivity contribution is 7.09. The van der Waals surface area contributed by atoms with Crippen molar-refractivity contribution in [2.45, 2.75) is 46.0 Å². The molecule has 1 amide bonds. The van der Waals surface area contributed by atoms with Gasteiger partial charge in [0.2, 0.25) is 0 Å². The molecule has 1 aliphatic heterocycles. The monoisotopic (exact) mass is 332 g/mol. The van der Waals surface area contributed by atoms with Gasteiger partial charge in [0.15, 0.2) is 0 Å². The Kier molecular flexibility index (Phi) is 6.10. The minimum absolute atomic E-state index is 0.309. The first-order valence-corrected chi connectivity index (χ1v) is 8.86. The van der Waals surface area contributed by atoms with Crippen molar-refractivity contribution in [1.29, 1.82) is 0 Å². The quantitative estimate of drug-likeness (QED) is 0.778. The lowest BCUT2D eigenvalue weighted by molar-refractivity contribution is -0.112. The highest BCUT2D eigenvalue weighted by atomic mass is 32.1. The van der Waals surface area contributed by atoms with E-state index in [-0.39, 0.29) is 0 Å². The molecule has 23 heavy (non-hydrogen) atoms. The summed E-state index contributed by atoms with van der Waals surface area (Å²) in [6, 6.07) is 0. The van der Waals surface area contributed by atoms with Crippen molar-refractivity contribution >= 4 is 23.0 Å². The molecule has 0 aliphatic carbocycles. The maximum Gasteiger partial charge on any atom is 0.265 e. The molecule has 1 aromatic heterocycles. The lowest BCUT2D eigenvalue weighted by Crippen LogP contribution is -2.32. The molecule has 1 unspecified atom stereocenters. The van der Waals surface area contributed by atoms with E-state index in [2.05, 4.69) is 36.1 Å². The van der Waals surface area contributed by atoms with Crippen molar-refractivity contribution in [2.75, 3.05) is 6.54 Å². The second-order valence-corrected chi connectivity index (χ2v) is 6.42. The van der Waals surface area contributed by atoms with Gasteiger partial charge in [-0.1, -0.05) is 26.0 Å². The van der Waals surface area contributed by atoms with Gasteiger partial charge in [-0.15, -0.1) is 11.3 Å². The van der Waals surface area contributed by atoms with E-state index in [0.29, 0.717) is 18.1 Å². The van der Waals surface area contributed by atoms with E-state index in [1.165, 1.54) is 11.3 Å².